The van der Waals surface area contributed by atoms with Gasteiger partial charge < -0.3 is 25.0 Å². The van der Waals surface area contributed by atoms with Crippen LogP contribution in [0.3, 0.4) is 0 Å². The van der Waals surface area contributed by atoms with Crippen LogP contribution in [0.15, 0.2) is 36.7 Å². The maximum absolute atomic E-state index is 10.9. The van der Waals surface area contributed by atoms with Gasteiger partial charge >= 0.3 is 6.72 Å². The average molecular weight is 421 g/mol. The Morgan fingerprint density at radius 3 is 2.82 bits per heavy atom. The van der Waals surface area contributed by atoms with E-state index in [1.807, 2.05) is 30.3 Å². The van der Waals surface area contributed by atoms with Gasteiger partial charge in [0.2, 0.25) is 0 Å². The Balaban J connectivity index is 1.66. The van der Waals surface area contributed by atoms with Crippen LogP contribution in [0.1, 0.15) is 6.23 Å². The van der Waals surface area contributed by atoms with Gasteiger partial charge in [0.15, 0.2) is 23.2 Å². The molecule has 2 fully saturated rings. The molecule has 2 saturated heterocycles. The molecule has 10 nitrogen and oxygen atoms in total. The molecule has 0 saturated carbocycles. The van der Waals surface area contributed by atoms with E-state index in [2.05, 4.69) is 15.0 Å². The summed E-state index contributed by atoms with van der Waals surface area (Å²) in [7, 11) is 0. The Morgan fingerprint density at radius 1 is 1.25 bits per heavy atom. The molecule has 4 heterocycles. The van der Waals surface area contributed by atoms with E-state index < -0.39 is 31.3 Å². The number of nitrogens with zero attached hydrogens (tertiary/aromatic N) is 4. The van der Waals surface area contributed by atoms with Gasteiger partial charge in [0.1, 0.15) is 30.5 Å². The highest BCUT2D eigenvalue weighted by Crippen LogP contribution is 2.53. The molecule has 0 bridgehead atoms. The maximum Gasteiger partial charge on any atom is 0.325 e. The summed E-state index contributed by atoms with van der Waals surface area (Å²) in [4.78, 5) is 22.8. The highest BCUT2D eigenvalue weighted by Gasteiger charge is 2.51. The third-order valence-electron chi connectivity index (χ3n) is 4.76. The summed E-state index contributed by atoms with van der Waals surface area (Å²) in [5, 5.41) is 10.9. The van der Waals surface area contributed by atoms with Gasteiger partial charge in [-0.2, -0.15) is 0 Å². The Bertz CT molecular complexity index is 1100. The zero-order valence-corrected chi connectivity index (χ0v) is 16.0. The molecule has 12 heteroatoms. The monoisotopic (exact) mass is 421 g/mol. The van der Waals surface area contributed by atoms with Crippen LogP contribution in [0, 0.1) is 0 Å². The van der Waals surface area contributed by atoms with Crippen LogP contribution in [-0.4, -0.2) is 54.4 Å². The zero-order chi connectivity index (χ0) is 19.5. The van der Waals surface area contributed by atoms with Crippen molar-refractivity contribution in [2.45, 2.75) is 24.5 Å². The lowest BCUT2D eigenvalue weighted by Crippen LogP contribution is -2.39. The van der Waals surface area contributed by atoms with Crippen LogP contribution < -0.4 is 5.73 Å². The number of nitrogen functional groups attached to an aromatic ring is 1. The molecule has 1 aromatic carbocycles. The molecule has 2 aliphatic rings. The summed E-state index contributed by atoms with van der Waals surface area (Å²) in [6.45, 7) is -3.38. The minimum Gasteiger partial charge on any atom is -0.386 e. The van der Waals surface area contributed by atoms with Crippen molar-refractivity contribution < 1.29 is 23.8 Å². The summed E-state index contributed by atoms with van der Waals surface area (Å²) in [6.07, 6.45) is -2.11. The topological polar surface area (TPSA) is 138 Å². The first kappa shape index (κ1) is 18.1. The predicted octanol–water partition coefficient (Wildman–Crippen LogP) is 0.966. The standard InChI is InChI=1S/C16H16N5O5PS/c17-13-10-15(19-7-18-13)21(14(20-10)8-4-2-1-3-5-8)16-11(22)12-9(25-16)6-24-27(23,28)26-12/h1-5,7,9,11-12,16,22H,6H2,(H,23,28)(H2,17,18,19)/t9?,11-,12?,16+,27?/m0/s1. The number of rotatable bonds is 2. The first-order valence-corrected chi connectivity index (χ1v) is 11.1. The van der Waals surface area contributed by atoms with Crippen molar-refractivity contribution in [3.8, 4) is 11.4 Å². The van der Waals surface area contributed by atoms with Crippen molar-refractivity contribution in [2.24, 2.45) is 0 Å². The van der Waals surface area contributed by atoms with Crippen LogP contribution in [0.2, 0.25) is 0 Å². The number of nitrogens with two attached hydrogens (primary N) is 1. The number of aliphatic hydroxyl groups is 1. The van der Waals surface area contributed by atoms with Gasteiger partial charge in [0, 0.05) is 5.56 Å². The van der Waals surface area contributed by atoms with Crippen molar-refractivity contribution in [1.29, 1.82) is 0 Å². The van der Waals surface area contributed by atoms with Gasteiger partial charge in [-0.1, -0.05) is 30.3 Å². The highest BCUT2D eigenvalue weighted by atomic mass is 32.5. The van der Waals surface area contributed by atoms with E-state index in [-0.39, 0.29) is 12.4 Å². The van der Waals surface area contributed by atoms with Crippen molar-refractivity contribution in [3.63, 3.8) is 0 Å². The number of aliphatic hydroxyl groups excluding tert-OH is 1. The van der Waals surface area contributed by atoms with Crippen molar-refractivity contribution in [1.82, 2.24) is 19.5 Å². The fourth-order valence-electron chi connectivity index (χ4n) is 3.51. The van der Waals surface area contributed by atoms with E-state index in [0.29, 0.717) is 17.0 Å². The Labute approximate surface area is 164 Å². The smallest absolute Gasteiger partial charge is 0.325 e. The molecule has 0 aliphatic carbocycles. The third kappa shape index (κ3) is 2.83. The van der Waals surface area contributed by atoms with Gasteiger partial charge in [0.25, 0.3) is 0 Å². The van der Waals surface area contributed by atoms with E-state index in [9.17, 15) is 10.00 Å². The normalized spacial score (nSPS) is 32.5. The lowest BCUT2D eigenvalue weighted by molar-refractivity contribution is -0.0587. The second-order valence-corrected chi connectivity index (χ2v) is 9.28. The number of hydrogen-bond donors (Lipinski definition) is 3. The van der Waals surface area contributed by atoms with E-state index in [4.69, 9.17) is 31.3 Å². The SMILES string of the molecule is Nc1ncnc2c1nc(-c1ccccc1)n2[C@@H]1OC2COP(O)(=S)OC2[C@@H]1O. The molecule has 5 rings (SSSR count). The lowest BCUT2D eigenvalue weighted by Gasteiger charge is -2.30. The first-order valence-electron chi connectivity index (χ1n) is 8.48. The van der Waals surface area contributed by atoms with Crippen molar-refractivity contribution in [2.75, 3.05) is 12.3 Å². The predicted molar refractivity (Wildman–Crippen MR) is 102 cm³/mol. The number of hydrogen-bond acceptors (Lipinski definition) is 9. The molecule has 5 atom stereocenters. The van der Waals surface area contributed by atoms with Crippen LogP contribution >= 0.6 is 6.72 Å². The molecule has 3 unspecified atom stereocenters. The molecule has 0 amide bonds. The van der Waals surface area contributed by atoms with Crippen LogP contribution in [-0.2, 0) is 25.6 Å². The van der Waals surface area contributed by atoms with Crippen molar-refractivity contribution in [3.05, 3.63) is 36.7 Å². The van der Waals surface area contributed by atoms with E-state index in [1.165, 1.54) is 6.33 Å². The molecule has 4 N–H and O–H groups in total. The largest absolute Gasteiger partial charge is 0.386 e. The molecule has 0 radical (unpaired) electrons. The third-order valence-corrected chi connectivity index (χ3v) is 6.32. The van der Waals surface area contributed by atoms with Crippen LogP contribution in [0.4, 0.5) is 5.82 Å². The molecule has 2 aliphatic heterocycles. The van der Waals surface area contributed by atoms with Gasteiger partial charge in [-0.25, -0.2) is 15.0 Å². The second kappa shape index (κ2) is 6.53. The van der Waals surface area contributed by atoms with Gasteiger partial charge in [-0.3, -0.25) is 9.09 Å². The number of benzene rings is 1. The molecule has 28 heavy (non-hydrogen) atoms. The summed E-state index contributed by atoms with van der Waals surface area (Å²) in [5.74, 6) is 0.728. The van der Waals surface area contributed by atoms with Gasteiger partial charge in [-0.15, -0.1) is 0 Å². The van der Waals surface area contributed by atoms with Gasteiger partial charge in [-0.05, 0) is 11.8 Å². The zero-order valence-electron chi connectivity index (χ0n) is 14.3. The van der Waals surface area contributed by atoms with E-state index >= 15 is 0 Å². The van der Waals surface area contributed by atoms with E-state index in [0.717, 1.165) is 5.56 Å². The number of anilines is 1. The number of fused-ring (bicyclic) bond motifs is 2. The fourth-order valence-corrected chi connectivity index (χ4v) is 4.95. The fraction of sp³-hybridized carbons (Fsp3) is 0.312. The van der Waals surface area contributed by atoms with Gasteiger partial charge in [0.05, 0.1) is 6.61 Å². The van der Waals surface area contributed by atoms with Crippen LogP contribution in [0.5, 0.6) is 0 Å². The van der Waals surface area contributed by atoms with E-state index in [1.54, 1.807) is 4.57 Å². The number of aromatic nitrogens is 4. The summed E-state index contributed by atoms with van der Waals surface area (Å²) < 4.78 is 18.3. The Kier molecular flexibility index (Phi) is 4.21. The van der Waals surface area contributed by atoms with Crippen LogP contribution in [0.25, 0.3) is 22.6 Å². The second-order valence-electron chi connectivity index (χ2n) is 6.49. The summed E-state index contributed by atoms with van der Waals surface area (Å²) in [5.41, 5.74) is 7.59. The molecule has 146 valence electrons. The molecule has 2 aromatic heterocycles. The Hall–Kier alpha value is -1.98. The minimum atomic E-state index is -3.40. The molecule has 0 spiro atoms. The van der Waals surface area contributed by atoms with Crippen molar-refractivity contribution >= 4 is 35.5 Å². The molecule has 3 aromatic rings. The molecular formula is C16H16N5O5PS. The summed E-state index contributed by atoms with van der Waals surface area (Å²) in [6, 6.07) is 9.39. The summed E-state index contributed by atoms with van der Waals surface area (Å²) >= 11 is 4.91. The first-order chi connectivity index (χ1) is 13.4. The highest BCUT2D eigenvalue weighted by molar-refractivity contribution is 8.07. The Morgan fingerprint density at radius 2 is 2.04 bits per heavy atom. The lowest BCUT2D eigenvalue weighted by atomic mass is 10.1. The number of imidazole rings is 1. The minimum absolute atomic E-state index is 0.0242. The molecular weight excluding hydrogens is 405 g/mol. The maximum atomic E-state index is 10.9. The quantitative estimate of drug-likeness (QED) is 0.513. The number of ether oxygens (including phenoxy) is 1. The average Bonchev–Trinajstić information content (AvgIpc) is 3.21.